The van der Waals surface area contributed by atoms with Gasteiger partial charge in [0, 0.05) is 19.7 Å². The number of methoxy groups -OCH3 is 2. The van der Waals surface area contributed by atoms with E-state index in [2.05, 4.69) is 0 Å². The molecule has 1 aromatic carbocycles. The summed E-state index contributed by atoms with van der Waals surface area (Å²) in [6.45, 7) is 0. The summed E-state index contributed by atoms with van der Waals surface area (Å²) in [5.74, 6) is -0.276. The molecule has 2 aromatic rings. The van der Waals surface area contributed by atoms with Crippen molar-refractivity contribution in [2.24, 2.45) is 19.8 Å². The van der Waals surface area contributed by atoms with Gasteiger partial charge in [0.2, 0.25) is 11.8 Å². The van der Waals surface area contributed by atoms with Gasteiger partial charge in [-0.15, -0.1) is 0 Å². The van der Waals surface area contributed by atoms with E-state index >= 15 is 0 Å². The quantitative estimate of drug-likeness (QED) is 0.825. The van der Waals surface area contributed by atoms with E-state index in [1.165, 1.54) is 32.9 Å². The molecule has 1 aromatic heterocycles. The molecule has 9 nitrogen and oxygen atoms in total. The highest BCUT2D eigenvalue weighted by Crippen LogP contribution is 2.45. The van der Waals surface area contributed by atoms with Crippen molar-refractivity contribution in [3.63, 3.8) is 0 Å². The minimum atomic E-state index is -0.880. The molecule has 1 atom stereocenters. The predicted molar refractivity (Wildman–Crippen MR) is 95.8 cm³/mol. The van der Waals surface area contributed by atoms with E-state index in [1.54, 1.807) is 18.2 Å². The molecular weight excluding hydrogens is 352 g/mol. The van der Waals surface area contributed by atoms with E-state index in [0.29, 0.717) is 17.1 Å². The number of nitriles is 1. The Kier molecular flexibility index (Phi) is 4.41. The van der Waals surface area contributed by atoms with E-state index in [-0.39, 0.29) is 22.9 Å². The third kappa shape index (κ3) is 2.54. The van der Waals surface area contributed by atoms with Crippen LogP contribution in [0.15, 0.2) is 39.2 Å². The molecule has 0 spiro atoms. The van der Waals surface area contributed by atoms with Gasteiger partial charge in [-0.1, -0.05) is 12.1 Å². The van der Waals surface area contributed by atoms with E-state index < -0.39 is 17.2 Å². The molecule has 1 aliphatic rings. The average Bonchev–Trinajstić information content (AvgIpc) is 2.68. The lowest BCUT2D eigenvalue weighted by atomic mass is 9.84. The summed E-state index contributed by atoms with van der Waals surface area (Å²) in [6.07, 6.45) is 0. The van der Waals surface area contributed by atoms with E-state index in [9.17, 15) is 14.9 Å². The molecule has 0 amide bonds. The SMILES string of the molecule is COc1cccc([C@@H]2C(C#N)=C(N)Oc3c2c(=O)n(C)c(=O)n3C)c1OC. The summed E-state index contributed by atoms with van der Waals surface area (Å²) in [5.41, 5.74) is 5.46. The molecule has 3 rings (SSSR count). The molecule has 0 saturated carbocycles. The zero-order chi connectivity index (χ0) is 19.9. The van der Waals surface area contributed by atoms with Crippen molar-refractivity contribution in [1.29, 1.82) is 5.26 Å². The average molecular weight is 370 g/mol. The normalized spacial score (nSPS) is 15.6. The smallest absolute Gasteiger partial charge is 0.333 e. The lowest BCUT2D eigenvalue weighted by Gasteiger charge is -2.28. The van der Waals surface area contributed by atoms with Crippen LogP contribution in [0.25, 0.3) is 0 Å². The van der Waals surface area contributed by atoms with Crippen molar-refractivity contribution < 1.29 is 14.2 Å². The Bertz CT molecular complexity index is 1120. The highest BCUT2D eigenvalue weighted by molar-refractivity contribution is 5.59. The summed E-state index contributed by atoms with van der Waals surface area (Å²) >= 11 is 0. The van der Waals surface area contributed by atoms with Crippen molar-refractivity contribution in [2.45, 2.75) is 5.92 Å². The van der Waals surface area contributed by atoms with Crippen LogP contribution in [0, 0.1) is 11.3 Å². The van der Waals surface area contributed by atoms with Crippen molar-refractivity contribution in [3.05, 3.63) is 61.6 Å². The number of para-hydroxylation sites is 1. The molecule has 1 aliphatic heterocycles. The number of hydrogen-bond acceptors (Lipinski definition) is 7. The van der Waals surface area contributed by atoms with Crippen LogP contribution in [0.2, 0.25) is 0 Å². The lowest BCUT2D eigenvalue weighted by molar-refractivity contribution is 0.339. The third-order valence-corrected chi connectivity index (χ3v) is 4.56. The first-order valence-corrected chi connectivity index (χ1v) is 7.95. The van der Waals surface area contributed by atoms with Gasteiger partial charge < -0.3 is 19.9 Å². The third-order valence-electron chi connectivity index (χ3n) is 4.56. The first kappa shape index (κ1) is 18.1. The molecule has 0 saturated heterocycles. The summed E-state index contributed by atoms with van der Waals surface area (Å²) in [5, 5.41) is 9.68. The fourth-order valence-corrected chi connectivity index (χ4v) is 3.24. The van der Waals surface area contributed by atoms with E-state index in [1.807, 2.05) is 6.07 Å². The van der Waals surface area contributed by atoms with Gasteiger partial charge in [-0.2, -0.15) is 5.26 Å². The highest BCUT2D eigenvalue weighted by Gasteiger charge is 2.37. The number of fused-ring (bicyclic) bond motifs is 1. The van der Waals surface area contributed by atoms with Crippen LogP contribution in [0.5, 0.6) is 17.4 Å². The summed E-state index contributed by atoms with van der Waals surface area (Å²) in [4.78, 5) is 25.2. The van der Waals surface area contributed by atoms with Crippen LogP contribution in [-0.4, -0.2) is 23.4 Å². The number of rotatable bonds is 3. The molecular formula is C18H18N4O5. The first-order chi connectivity index (χ1) is 12.9. The summed E-state index contributed by atoms with van der Waals surface area (Å²) in [6, 6.07) is 7.12. The van der Waals surface area contributed by atoms with E-state index in [4.69, 9.17) is 19.9 Å². The van der Waals surface area contributed by atoms with Crippen LogP contribution in [0.3, 0.4) is 0 Å². The van der Waals surface area contributed by atoms with Crippen LogP contribution in [0.4, 0.5) is 0 Å². The van der Waals surface area contributed by atoms with Gasteiger partial charge in [0.05, 0.1) is 25.7 Å². The minimum Gasteiger partial charge on any atom is -0.493 e. The maximum Gasteiger partial charge on any atom is 0.333 e. The molecule has 0 aliphatic carbocycles. The fraction of sp³-hybridized carbons (Fsp3) is 0.278. The molecule has 0 radical (unpaired) electrons. The standard InChI is InChI=1S/C18H18N4O5/c1-21-16(23)13-12(9-6-5-7-11(25-3)14(9)26-4)10(8-19)15(20)27-17(13)22(2)18(21)24/h5-7,12H,20H2,1-4H3/t12-/m1/s1. The maximum atomic E-state index is 12.9. The Morgan fingerprint density at radius 1 is 1.19 bits per heavy atom. The van der Waals surface area contributed by atoms with Gasteiger partial charge in [-0.3, -0.25) is 13.9 Å². The maximum absolute atomic E-state index is 12.9. The summed E-state index contributed by atoms with van der Waals surface area (Å²) < 4.78 is 18.4. The monoisotopic (exact) mass is 370 g/mol. The van der Waals surface area contributed by atoms with Crippen molar-refractivity contribution >= 4 is 0 Å². The van der Waals surface area contributed by atoms with Gasteiger partial charge in [0.15, 0.2) is 11.5 Å². The zero-order valence-electron chi connectivity index (χ0n) is 15.3. The second-order valence-electron chi connectivity index (χ2n) is 5.93. The minimum absolute atomic E-state index is 0.00512. The van der Waals surface area contributed by atoms with Crippen LogP contribution < -0.4 is 31.2 Å². The largest absolute Gasteiger partial charge is 0.493 e. The van der Waals surface area contributed by atoms with Gasteiger partial charge in [0.1, 0.15) is 11.6 Å². The number of ether oxygens (including phenoxy) is 3. The fourth-order valence-electron chi connectivity index (χ4n) is 3.24. The Morgan fingerprint density at radius 3 is 2.48 bits per heavy atom. The second-order valence-corrected chi connectivity index (χ2v) is 5.93. The van der Waals surface area contributed by atoms with Crippen LogP contribution >= 0.6 is 0 Å². The first-order valence-electron chi connectivity index (χ1n) is 7.95. The van der Waals surface area contributed by atoms with Gasteiger partial charge in [-0.25, -0.2) is 4.79 Å². The predicted octanol–water partition coefficient (Wildman–Crippen LogP) is 0.319. The Labute approximate surface area is 154 Å². The Morgan fingerprint density at radius 2 is 1.89 bits per heavy atom. The van der Waals surface area contributed by atoms with Crippen LogP contribution in [0.1, 0.15) is 17.0 Å². The van der Waals surface area contributed by atoms with E-state index in [0.717, 1.165) is 4.57 Å². The van der Waals surface area contributed by atoms with Crippen molar-refractivity contribution in [3.8, 4) is 23.4 Å². The topological polar surface area (TPSA) is 122 Å². The summed E-state index contributed by atoms with van der Waals surface area (Å²) in [7, 11) is 5.76. The van der Waals surface area contributed by atoms with Gasteiger partial charge in [-0.05, 0) is 6.07 Å². The molecule has 27 heavy (non-hydrogen) atoms. The van der Waals surface area contributed by atoms with Crippen molar-refractivity contribution in [2.75, 3.05) is 14.2 Å². The highest BCUT2D eigenvalue weighted by atomic mass is 16.5. The van der Waals surface area contributed by atoms with Crippen LogP contribution in [-0.2, 0) is 14.1 Å². The number of aromatic nitrogens is 2. The number of nitrogens with zero attached hydrogens (tertiary/aromatic N) is 3. The lowest BCUT2D eigenvalue weighted by Crippen LogP contribution is -2.42. The molecule has 2 N–H and O–H groups in total. The zero-order valence-corrected chi connectivity index (χ0v) is 15.3. The van der Waals surface area contributed by atoms with Gasteiger partial charge >= 0.3 is 5.69 Å². The molecule has 2 heterocycles. The Balaban J connectivity index is 2.47. The molecule has 9 heteroatoms. The number of benzene rings is 1. The molecule has 0 unspecified atom stereocenters. The number of hydrogen-bond donors (Lipinski definition) is 1. The van der Waals surface area contributed by atoms with Gasteiger partial charge in [0.25, 0.3) is 5.56 Å². The second kappa shape index (κ2) is 6.57. The Hall–Kier alpha value is -3.67. The number of allylic oxidation sites excluding steroid dienone is 1. The molecule has 140 valence electrons. The van der Waals surface area contributed by atoms with Crippen molar-refractivity contribution in [1.82, 2.24) is 9.13 Å². The molecule has 0 bridgehead atoms. The molecule has 0 fully saturated rings. The number of nitrogens with two attached hydrogens (primary N) is 1.